The second kappa shape index (κ2) is 4.30. The molecule has 2 rings (SSSR count). The molecule has 5 heteroatoms. The first-order valence-corrected chi connectivity index (χ1v) is 5.58. The van der Waals surface area contributed by atoms with E-state index in [9.17, 15) is 4.79 Å². The number of Topliss-reactive ketones (excluding diaryl/α,β-unsaturated/α-hetero) is 1. The second-order valence-corrected chi connectivity index (χ2v) is 4.29. The summed E-state index contributed by atoms with van der Waals surface area (Å²) in [6.07, 6.45) is 0. The van der Waals surface area contributed by atoms with E-state index in [1.807, 2.05) is 19.9 Å². The minimum Gasteiger partial charge on any atom is -0.294 e. The van der Waals surface area contributed by atoms with Crippen molar-refractivity contribution < 1.29 is 4.79 Å². The highest BCUT2D eigenvalue weighted by atomic mass is 35.5. The third kappa shape index (κ3) is 2.22. The number of rotatable bonds is 2. The summed E-state index contributed by atoms with van der Waals surface area (Å²) in [4.78, 5) is 15.7. The molecule has 0 aromatic carbocycles. The van der Waals surface area contributed by atoms with Crippen molar-refractivity contribution in [1.82, 2.24) is 14.8 Å². The minimum atomic E-state index is -0.0586. The lowest BCUT2D eigenvalue weighted by Crippen LogP contribution is -2.09. The number of halogens is 1. The predicted molar refractivity (Wildman–Crippen MR) is 65.8 cm³/mol. The number of pyridine rings is 1. The number of nitrogens with zero attached hydrogens (tertiary/aromatic N) is 3. The Bertz CT molecular complexity index is 589. The van der Waals surface area contributed by atoms with Crippen LogP contribution in [0, 0.1) is 13.8 Å². The molecule has 0 bridgehead atoms. The molecular weight excluding hydrogens is 238 g/mol. The molecule has 88 valence electrons. The lowest BCUT2D eigenvalue weighted by Gasteiger charge is -2.08. The summed E-state index contributed by atoms with van der Waals surface area (Å²) < 4.78 is 1.64. The van der Waals surface area contributed by atoms with Crippen LogP contribution in [-0.2, 0) is 0 Å². The molecule has 0 fully saturated rings. The number of ketones is 1. The summed E-state index contributed by atoms with van der Waals surface area (Å²) in [6.45, 7) is 5.30. The van der Waals surface area contributed by atoms with E-state index in [0.29, 0.717) is 16.5 Å². The van der Waals surface area contributed by atoms with Crippen LogP contribution in [-0.4, -0.2) is 20.5 Å². The molecule has 2 aromatic heterocycles. The number of aryl methyl sites for hydroxylation is 2. The molecule has 0 saturated heterocycles. The van der Waals surface area contributed by atoms with Gasteiger partial charge in [0, 0.05) is 5.69 Å². The Kier molecular flexibility index (Phi) is 2.98. The van der Waals surface area contributed by atoms with Crippen LogP contribution in [0.25, 0.3) is 5.82 Å². The second-order valence-electron chi connectivity index (χ2n) is 3.90. The van der Waals surface area contributed by atoms with Gasteiger partial charge >= 0.3 is 0 Å². The quantitative estimate of drug-likeness (QED) is 0.607. The summed E-state index contributed by atoms with van der Waals surface area (Å²) in [5.74, 6) is 0.423. The molecule has 0 N–H and O–H groups in total. The van der Waals surface area contributed by atoms with Gasteiger partial charge in [-0.15, -0.1) is 0 Å². The topological polar surface area (TPSA) is 47.8 Å². The summed E-state index contributed by atoms with van der Waals surface area (Å²) in [6, 6.07) is 5.20. The van der Waals surface area contributed by atoms with Gasteiger partial charge in [0.1, 0.15) is 5.15 Å². The van der Waals surface area contributed by atoms with Crippen LogP contribution in [0.15, 0.2) is 18.2 Å². The molecule has 0 aliphatic heterocycles. The summed E-state index contributed by atoms with van der Waals surface area (Å²) in [5.41, 5.74) is 2.30. The van der Waals surface area contributed by atoms with E-state index in [0.717, 1.165) is 11.4 Å². The average Bonchev–Trinajstić information content (AvgIpc) is 2.57. The smallest absolute Gasteiger partial charge is 0.166 e. The van der Waals surface area contributed by atoms with E-state index in [-0.39, 0.29) is 5.78 Å². The lowest BCUT2D eigenvalue weighted by atomic mass is 10.2. The normalized spacial score (nSPS) is 10.6. The van der Waals surface area contributed by atoms with E-state index in [4.69, 9.17) is 11.6 Å². The molecular formula is C12H12ClN3O. The molecule has 2 aromatic rings. The van der Waals surface area contributed by atoms with E-state index in [1.54, 1.807) is 16.8 Å². The highest BCUT2D eigenvalue weighted by molar-refractivity contribution is 6.29. The number of aromatic nitrogens is 3. The molecule has 0 spiro atoms. The van der Waals surface area contributed by atoms with Gasteiger partial charge in [-0.3, -0.25) is 4.79 Å². The van der Waals surface area contributed by atoms with Crippen molar-refractivity contribution in [1.29, 1.82) is 0 Å². The fourth-order valence-electron chi connectivity index (χ4n) is 1.70. The molecule has 2 heterocycles. The van der Waals surface area contributed by atoms with Crippen LogP contribution in [0.1, 0.15) is 28.7 Å². The average molecular weight is 250 g/mol. The van der Waals surface area contributed by atoms with E-state index in [2.05, 4.69) is 10.1 Å². The van der Waals surface area contributed by atoms with E-state index in [1.165, 1.54) is 6.92 Å². The van der Waals surface area contributed by atoms with Gasteiger partial charge in [-0.05, 0) is 39.0 Å². The van der Waals surface area contributed by atoms with E-state index < -0.39 is 0 Å². The van der Waals surface area contributed by atoms with Crippen molar-refractivity contribution in [3.63, 3.8) is 0 Å². The number of hydrogen-bond acceptors (Lipinski definition) is 3. The van der Waals surface area contributed by atoms with Gasteiger partial charge in [-0.25, -0.2) is 9.67 Å². The SMILES string of the molecule is CC(=O)c1ccc(Cl)nc1-n1nc(C)cc1C. The zero-order valence-electron chi connectivity index (χ0n) is 9.86. The third-order valence-electron chi connectivity index (χ3n) is 2.43. The van der Waals surface area contributed by atoms with Gasteiger partial charge in [0.25, 0.3) is 0 Å². The van der Waals surface area contributed by atoms with Crippen LogP contribution in [0.2, 0.25) is 5.15 Å². The molecule has 0 aliphatic rings. The largest absolute Gasteiger partial charge is 0.294 e. The first-order chi connectivity index (χ1) is 7.99. The molecule has 0 radical (unpaired) electrons. The number of carbonyl (C=O) groups is 1. The Balaban J connectivity index is 2.69. The van der Waals surface area contributed by atoms with Crippen molar-refractivity contribution in [2.24, 2.45) is 0 Å². The monoisotopic (exact) mass is 249 g/mol. The summed E-state index contributed by atoms with van der Waals surface area (Å²) in [5, 5.41) is 4.65. The number of carbonyl (C=O) groups excluding carboxylic acids is 1. The fraction of sp³-hybridized carbons (Fsp3) is 0.250. The first-order valence-electron chi connectivity index (χ1n) is 5.20. The van der Waals surface area contributed by atoms with Crippen LogP contribution >= 0.6 is 11.6 Å². The molecule has 4 nitrogen and oxygen atoms in total. The van der Waals surface area contributed by atoms with Gasteiger partial charge < -0.3 is 0 Å². The van der Waals surface area contributed by atoms with Gasteiger partial charge in [0.05, 0.1) is 11.3 Å². The predicted octanol–water partition coefficient (Wildman–Crippen LogP) is 2.74. The van der Waals surface area contributed by atoms with Gasteiger partial charge in [0.2, 0.25) is 0 Å². The molecule has 17 heavy (non-hydrogen) atoms. The maximum absolute atomic E-state index is 11.5. The zero-order chi connectivity index (χ0) is 12.6. The van der Waals surface area contributed by atoms with Gasteiger partial charge in [-0.2, -0.15) is 5.10 Å². The maximum atomic E-state index is 11.5. The summed E-state index contributed by atoms with van der Waals surface area (Å²) in [7, 11) is 0. The Hall–Kier alpha value is -1.68. The van der Waals surface area contributed by atoms with Gasteiger partial charge in [0.15, 0.2) is 11.6 Å². The van der Waals surface area contributed by atoms with Crippen molar-refractivity contribution >= 4 is 17.4 Å². The first kappa shape index (κ1) is 11.8. The molecule has 0 amide bonds. The highest BCUT2D eigenvalue weighted by Gasteiger charge is 2.14. The van der Waals surface area contributed by atoms with E-state index >= 15 is 0 Å². The Labute approximate surface area is 104 Å². The molecule has 0 saturated carbocycles. The highest BCUT2D eigenvalue weighted by Crippen LogP contribution is 2.18. The fourth-order valence-corrected chi connectivity index (χ4v) is 1.85. The van der Waals surface area contributed by atoms with Crippen LogP contribution in [0.3, 0.4) is 0 Å². The van der Waals surface area contributed by atoms with Crippen LogP contribution in [0.5, 0.6) is 0 Å². The molecule has 0 aliphatic carbocycles. The van der Waals surface area contributed by atoms with Crippen LogP contribution in [0.4, 0.5) is 0 Å². The summed E-state index contributed by atoms with van der Waals surface area (Å²) >= 11 is 5.87. The standard InChI is InChI=1S/C12H12ClN3O/c1-7-6-8(2)16(15-7)12-10(9(3)17)4-5-11(13)14-12/h4-6H,1-3H3. The maximum Gasteiger partial charge on any atom is 0.166 e. The van der Waals surface area contributed by atoms with Crippen LogP contribution < -0.4 is 0 Å². The molecule has 0 unspecified atom stereocenters. The Morgan fingerprint density at radius 1 is 1.35 bits per heavy atom. The number of hydrogen-bond donors (Lipinski definition) is 0. The Morgan fingerprint density at radius 2 is 2.06 bits per heavy atom. The molecule has 0 atom stereocenters. The Morgan fingerprint density at radius 3 is 2.59 bits per heavy atom. The lowest BCUT2D eigenvalue weighted by molar-refractivity contribution is 0.101. The van der Waals surface area contributed by atoms with Crippen molar-refractivity contribution in [3.05, 3.63) is 40.3 Å². The van der Waals surface area contributed by atoms with Crippen molar-refractivity contribution in [2.45, 2.75) is 20.8 Å². The third-order valence-corrected chi connectivity index (χ3v) is 2.64. The van der Waals surface area contributed by atoms with Gasteiger partial charge in [-0.1, -0.05) is 11.6 Å². The minimum absolute atomic E-state index is 0.0586. The van der Waals surface area contributed by atoms with Crippen molar-refractivity contribution in [3.8, 4) is 5.82 Å². The van der Waals surface area contributed by atoms with Crippen molar-refractivity contribution in [2.75, 3.05) is 0 Å². The zero-order valence-corrected chi connectivity index (χ0v) is 10.6.